The minimum absolute atomic E-state index is 0.264. The van der Waals surface area contributed by atoms with Gasteiger partial charge in [-0.05, 0) is 42.7 Å². The molecule has 2 rings (SSSR count). The molecule has 0 heterocycles. The van der Waals surface area contributed by atoms with E-state index in [0.717, 1.165) is 22.4 Å². The fourth-order valence-corrected chi connectivity index (χ4v) is 2.54. The van der Waals surface area contributed by atoms with Gasteiger partial charge in [-0.15, -0.1) is 0 Å². The molecule has 5 nitrogen and oxygen atoms in total. The fraction of sp³-hybridized carbons (Fsp3) is 0.300. The molecule has 130 valence electrons. The van der Waals surface area contributed by atoms with Gasteiger partial charge in [0.1, 0.15) is 17.4 Å². The Labute approximate surface area is 148 Å². The number of nitrogens with one attached hydrogen (secondary N) is 1. The average molecular weight is 338 g/mol. The topological polar surface area (TPSA) is 71.3 Å². The Hall–Kier alpha value is -3.00. The van der Waals surface area contributed by atoms with Crippen molar-refractivity contribution in [2.24, 2.45) is 5.92 Å². The van der Waals surface area contributed by atoms with Gasteiger partial charge in [-0.2, -0.15) is 5.26 Å². The predicted molar refractivity (Wildman–Crippen MR) is 96.9 cm³/mol. The molecule has 5 heteroatoms. The van der Waals surface area contributed by atoms with Crippen molar-refractivity contribution in [1.82, 2.24) is 0 Å². The monoisotopic (exact) mass is 338 g/mol. The van der Waals surface area contributed by atoms with Gasteiger partial charge in [0.25, 0.3) is 0 Å². The summed E-state index contributed by atoms with van der Waals surface area (Å²) in [6.45, 7) is 3.92. The normalized spacial score (nSPS) is 11.3. The Kier molecular flexibility index (Phi) is 6.02. The lowest BCUT2D eigenvalue weighted by molar-refractivity contribution is -0.118. The van der Waals surface area contributed by atoms with Crippen LogP contribution in [-0.4, -0.2) is 20.1 Å². The van der Waals surface area contributed by atoms with E-state index in [1.54, 1.807) is 26.4 Å². The zero-order valence-corrected chi connectivity index (χ0v) is 14.9. The van der Waals surface area contributed by atoms with Crippen LogP contribution in [0.1, 0.15) is 16.7 Å². The summed E-state index contributed by atoms with van der Waals surface area (Å²) >= 11 is 0. The van der Waals surface area contributed by atoms with Crippen molar-refractivity contribution in [3.8, 4) is 17.6 Å². The first kappa shape index (κ1) is 18.3. The smallest absolute Gasteiger partial charge is 0.242 e. The Bertz CT molecular complexity index is 809. The van der Waals surface area contributed by atoms with Gasteiger partial charge in [0.2, 0.25) is 5.91 Å². The molecule has 0 aliphatic rings. The van der Waals surface area contributed by atoms with Gasteiger partial charge in [0.05, 0.1) is 20.3 Å². The fourth-order valence-electron chi connectivity index (χ4n) is 2.54. The second-order valence-corrected chi connectivity index (χ2v) is 5.80. The van der Waals surface area contributed by atoms with Crippen molar-refractivity contribution in [2.75, 3.05) is 19.5 Å². The lowest BCUT2D eigenvalue weighted by Gasteiger charge is -2.15. The van der Waals surface area contributed by atoms with Gasteiger partial charge in [0, 0.05) is 18.2 Å². The van der Waals surface area contributed by atoms with Gasteiger partial charge < -0.3 is 14.8 Å². The van der Waals surface area contributed by atoms with Gasteiger partial charge in [-0.25, -0.2) is 0 Å². The molecule has 0 aromatic heterocycles. The van der Waals surface area contributed by atoms with E-state index in [9.17, 15) is 10.1 Å². The molecule has 0 unspecified atom stereocenters. The minimum atomic E-state index is -0.817. The van der Waals surface area contributed by atoms with Crippen LogP contribution in [0.15, 0.2) is 36.4 Å². The highest BCUT2D eigenvalue weighted by Crippen LogP contribution is 2.27. The zero-order valence-electron chi connectivity index (χ0n) is 14.9. The van der Waals surface area contributed by atoms with Crippen molar-refractivity contribution >= 4 is 11.6 Å². The number of carbonyl (C=O) groups excluding carboxylic acids is 1. The summed E-state index contributed by atoms with van der Waals surface area (Å²) in [6, 6.07) is 13.1. The van der Waals surface area contributed by atoms with Crippen LogP contribution in [0.4, 0.5) is 5.69 Å². The number of methoxy groups -OCH3 is 2. The molecule has 0 saturated carbocycles. The van der Waals surface area contributed by atoms with E-state index in [-0.39, 0.29) is 12.3 Å². The van der Waals surface area contributed by atoms with Crippen LogP contribution in [0.3, 0.4) is 0 Å². The third kappa shape index (κ3) is 4.30. The van der Waals surface area contributed by atoms with E-state index in [1.165, 1.54) is 0 Å². The van der Waals surface area contributed by atoms with Crippen molar-refractivity contribution in [1.29, 1.82) is 5.26 Å². The molecule has 0 radical (unpaired) electrons. The van der Waals surface area contributed by atoms with Gasteiger partial charge in [-0.3, -0.25) is 4.79 Å². The van der Waals surface area contributed by atoms with Crippen LogP contribution in [0.5, 0.6) is 11.5 Å². The van der Waals surface area contributed by atoms with E-state index < -0.39 is 5.92 Å². The van der Waals surface area contributed by atoms with E-state index >= 15 is 0 Å². The van der Waals surface area contributed by atoms with Crippen molar-refractivity contribution < 1.29 is 14.3 Å². The number of benzene rings is 2. The number of rotatable bonds is 6. The SMILES string of the molecule is COc1ccc(C[C@H](C#N)C(=O)Nc2cccc(C)c2C)c(OC)c1. The summed E-state index contributed by atoms with van der Waals surface area (Å²) in [5, 5.41) is 12.3. The number of hydrogen-bond donors (Lipinski definition) is 1. The Balaban J connectivity index is 2.18. The molecule has 0 fully saturated rings. The summed E-state index contributed by atoms with van der Waals surface area (Å²) in [4.78, 5) is 12.5. The maximum Gasteiger partial charge on any atom is 0.242 e. The number of anilines is 1. The Morgan fingerprint density at radius 2 is 1.96 bits per heavy atom. The molecule has 0 bridgehead atoms. The Morgan fingerprint density at radius 1 is 1.20 bits per heavy atom. The van der Waals surface area contributed by atoms with E-state index in [1.807, 2.05) is 38.1 Å². The van der Waals surface area contributed by atoms with Crippen LogP contribution in [0, 0.1) is 31.1 Å². The van der Waals surface area contributed by atoms with E-state index in [0.29, 0.717) is 11.5 Å². The van der Waals surface area contributed by atoms with E-state index in [2.05, 4.69) is 11.4 Å². The maximum absolute atomic E-state index is 12.5. The number of carbonyl (C=O) groups is 1. The van der Waals surface area contributed by atoms with Crippen LogP contribution in [0.25, 0.3) is 0 Å². The first-order chi connectivity index (χ1) is 12.0. The minimum Gasteiger partial charge on any atom is -0.497 e. The summed E-state index contributed by atoms with van der Waals surface area (Å²) in [5.41, 5.74) is 3.59. The number of ether oxygens (including phenoxy) is 2. The quantitative estimate of drug-likeness (QED) is 0.873. The molecule has 1 N–H and O–H groups in total. The molecule has 2 aromatic carbocycles. The van der Waals surface area contributed by atoms with Crippen LogP contribution >= 0.6 is 0 Å². The predicted octanol–water partition coefficient (Wildman–Crippen LogP) is 3.64. The van der Waals surface area contributed by atoms with Crippen LogP contribution in [0.2, 0.25) is 0 Å². The summed E-state index contributed by atoms with van der Waals surface area (Å²) < 4.78 is 10.5. The summed E-state index contributed by atoms with van der Waals surface area (Å²) in [6.07, 6.45) is 0.264. The third-order valence-corrected chi connectivity index (χ3v) is 4.25. The first-order valence-corrected chi connectivity index (χ1v) is 7.97. The average Bonchev–Trinajstić information content (AvgIpc) is 2.63. The molecular formula is C20H22N2O3. The highest BCUT2D eigenvalue weighted by Gasteiger charge is 2.21. The molecule has 1 amide bonds. The summed E-state index contributed by atoms with van der Waals surface area (Å²) in [7, 11) is 3.12. The number of aryl methyl sites for hydroxylation is 1. The highest BCUT2D eigenvalue weighted by molar-refractivity contribution is 5.95. The van der Waals surface area contributed by atoms with E-state index in [4.69, 9.17) is 9.47 Å². The Morgan fingerprint density at radius 3 is 2.60 bits per heavy atom. The number of nitrogens with zero attached hydrogens (tertiary/aromatic N) is 1. The van der Waals surface area contributed by atoms with Crippen molar-refractivity contribution in [3.63, 3.8) is 0 Å². The molecule has 25 heavy (non-hydrogen) atoms. The maximum atomic E-state index is 12.5. The third-order valence-electron chi connectivity index (χ3n) is 4.25. The van der Waals surface area contributed by atoms with Gasteiger partial charge >= 0.3 is 0 Å². The molecular weight excluding hydrogens is 316 g/mol. The zero-order chi connectivity index (χ0) is 18.4. The number of hydrogen-bond acceptors (Lipinski definition) is 4. The molecule has 0 spiro atoms. The largest absolute Gasteiger partial charge is 0.497 e. The van der Waals surface area contributed by atoms with Crippen LogP contribution in [-0.2, 0) is 11.2 Å². The van der Waals surface area contributed by atoms with Crippen molar-refractivity contribution in [2.45, 2.75) is 20.3 Å². The molecule has 1 atom stereocenters. The molecule has 0 aliphatic carbocycles. The second-order valence-electron chi connectivity index (χ2n) is 5.80. The number of nitriles is 1. The standard InChI is InChI=1S/C20H22N2O3/c1-13-6-5-7-18(14(13)2)22-20(23)16(12-21)10-15-8-9-17(24-3)11-19(15)25-4/h5-9,11,16H,10H2,1-4H3,(H,22,23)/t16-/m1/s1. The summed E-state index contributed by atoms with van der Waals surface area (Å²) in [5.74, 6) is 0.115. The van der Waals surface area contributed by atoms with Crippen molar-refractivity contribution in [3.05, 3.63) is 53.1 Å². The lowest BCUT2D eigenvalue weighted by atomic mass is 9.98. The number of amides is 1. The lowest BCUT2D eigenvalue weighted by Crippen LogP contribution is -2.24. The second kappa shape index (κ2) is 8.20. The van der Waals surface area contributed by atoms with Gasteiger partial charge in [0.15, 0.2) is 0 Å². The molecule has 0 saturated heterocycles. The molecule has 0 aliphatic heterocycles. The molecule has 2 aromatic rings. The highest BCUT2D eigenvalue weighted by atomic mass is 16.5. The first-order valence-electron chi connectivity index (χ1n) is 7.97. The van der Waals surface area contributed by atoms with Crippen LogP contribution < -0.4 is 14.8 Å². The van der Waals surface area contributed by atoms with Gasteiger partial charge in [-0.1, -0.05) is 18.2 Å².